The second-order valence-electron chi connectivity index (χ2n) is 9.46. The summed E-state index contributed by atoms with van der Waals surface area (Å²) in [5.41, 5.74) is 1.38. The first-order chi connectivity index (χ1) is 18.8. The molecule has 3 aromatic rings. The zero-order valence-corrected chi connectivity index (χ0v) is 25.9. The molecule has 1 atom stereocenters. The molecule has 0 saturated carbocycles. The van der Waals surface area contributed by atoms with Crippen LogP contribution >= 0.6 is 46.4 Å². The smallest absolute Gasteiger partial charge is 0.244 e. The highest BCUT2D eigenvalue weighted by Gasteiger charge is 2.34. The van der Waals surface area contributed by atoms with E-state index in [0.29, 0.717) is 15.6 Å². The summed E-state index contributed by atoms with van der Waals surface area (Å²) in [6.45, 7) is 2.87. The van der Waals surface area contributed by atoms with Crippen LogP contribution in [0.25, 0.3) is 0 Å². The van der Waals surface area contributed by atoms with Gasteiger partial charge in [0.05, 0.1) is 22.0 Å². The molecule has 214 valence electrons. The fourth-order valence-electron chi connectivity index (χ4n) is 4.04. The van der Waals surface area contributed by atoms with Gasteiger partial charge in [0.25, 0.3) is 0 Å². The predicted molar refractivity (Wildman–Crippen MR) is 163 cm³/mol. The van der Waals surface area contributed by atoms with Gasteiger partial charge in [-0.2, -0.15) is 0 Å². The van der Waals surface area contributed by atoms with E-state index in [1.807, 2.05) is 44.2 Å². The maximum Gasteiger partial charge on any atom is 0.244 e. The Bertz CT molecular complexity index is 1450. The minimum Gasteiger partial charge on any atom is -0.352 e. The number of benzene rings is 3. The highest BCUT2D eigenvalue weighted by atomic mass is 35.5. The Kier molecular flexibility index (Phi) is 11.1. The highest BCUT2D eigenvalue weighted by molar-refractivity contribution is 7.92. The van der Waals surface area contributed by atoms with E-state index < -0.39 is 34.4 Å². The second-order valence-corrected chi connectivity index (χ2v) is 13.0. The molecule has 0 saturated heterocycles. The van der Waals surface area contributed by atoms with Gasteiger partial charge < -0.3 is 10.2 Å². The number of halogens is 4. The first-order valence-corrected chi connectivity index (χ1v) is 15.6. The summed E-state index contributed by atoms with van der Waals surface area (Å²) >= 11 is 25.1. The Morgan fingerprint density at radius 3 is 2.02 bits per heavy atom. The van der Waals surface area contributed by atoms with Gasteiger partial charge in [-0.05, 0) is 49.7 Å². The van der Waals surface area contributed by atoms with Gasteiger partial charge in [-0.3, -0.25) is 13.9 Å². The molecule has 1 N–H and O–H groups in total. The molecular formula is C28H29Cl4N3O4S. The third kappa shape index (κ3) is 8.51. The first kappa shape index (κ1) is 32.0. The molecule has 40 heavy (non-hydrogen) atoms. The lowest BCUT2D eigenvalue weighted by molar-refractivity contribution is -0.140. The monoisotopic (exact) mass is 643 g/mol. The number of hydrogen-bond donors (Lipinski definition) is 1. The van der Waals surface area contributed by atoms with E-state index in [-0.39, 0.29) is 34.7 Å². The van der Waals surface area contributed by atoms with Gasteiger partial charge in [0, 0.05) is 34.6 Å². The zero-order valence-electron chi connectivity index (χ0n) is 22.1. The maximum absolute atomic E-state index is 14.1. The van der Waals surface area contributed by atoms with Crippen LogP contribution < -0.4 is 9.62 Å². The molecule has 0 bridgehead atoms. The van der Waals surface area contributed by atoms with Gasteiger partial charge in [-0.1, -0.05) is 82.8 Å². The Hall–Kier alpha value is -2.49. The van der Waals surface area contributed by atoms with Gasteiger partial charge in [-0.15, -0.1) is 0 Å². The molecule has 0 fully saturated rings. The average molecular weight is 645 g/mol. The number of carbonyl (C=O) groups is 2. The molecule has 0 aliphatic rings. The molecule has 2 amide bonds. The third-order valence-corrected chi connectivity index (χ3v) is 8.55. The van der Waals surface area contributed by atoms with Crippen molar-refractivity contribution in [3.63, 3.8) is 0 Å². The van der Waals surface area contributed by atoms with Gasteiger partial charge in [-0.25, -0.2) is 8.42 Å². The Balaban J connectivity index is 2.11. The van der Waals surface area contributed by atoms with Gasteiger partial charge in [0.2, 0.25) is 21.8 Å². The largest absolute Gasteiger partial charge is 0.352 e. The van der Waals surface area contributed by atoms with Crippen LogP contribution in [0.4, 0.5) is 5.69 Å². The fraction of sp³-hybridized carbons (Fsp3) is 0.286. The zero-order chi connectivity index (χ0) is 29.6. The third-order valence-electron chi connectivity index (χ3n) is 5.96. The number of rotatable bonds is 11. The van der Waals surface area contributed by atoms with Crippen molar-refractivity contribution < 1.29 is 18.0 Å². The molecule has 0 aliphatic carbocycles. The van der Waals surface area contributed by atoms with Crippen LogP contribution in [0, 0.1) is 0 Å². The number of hydrogen-bond acceptors (Lipinski definition) is 4. The number of carbonyl (C=O) groups excluding carboxylic acids is 2. The van der Waals surface area contributed by atoms with E-state index >= 15 is 0 Å². The summed E-state index contributed by atoms with van der Waals surface area (Å²) in [4.78, 5) is 28.9. The lowest BCUT2D eigenvalue weighted by Gasteiger charge is -2.34. The number of sulfonamides is 1. The van der Waals surface area contributed by atoms with E-state index in [9.17, 15) is 18.0 Å². The quantitative estimate of drug-likeness (QED) is 0.268. The lowest BCUT2D eigenvalue weighted by atomic mass is 10.0. The van der Waals surface area contributed by atoms with Crippen molar-refractivity contribution in [1.82, 2.24) is 10.2 Å². The normalized spacial score (nSPS) is 12.2. The molecule has 3 rings (SSSR count). The molecule has 0 heterocycles. The lowest BCUT2D eigenvalue weighted by Crippen LogP contribution is -2.54. The fourth-order valence-corrected chi connectivity index (χ4v) is 5.69. The van der Waals surface area contributed by atoms with Gasteiger partial charge in [0.1, 0.15) is 12.6 Å². The topological polar surface area (TPSA) is 86.8 Å². The number of nitrogens with zero attached hydrogens (tertiary/aromatic N) is 2. The summed E-state index contributed by atoms with van der Waals surface area (Å²) in [6.07, 6.45) is 1.14. The van der Waals surface area contributed by atoms with Crippen LogP contribution in [0.15, 0.2) is 66.7 Å². The first-order valence-electron chi connectivity index (χ1n) is 12.3. The number of amides is 2. The molecule has 0 aliphatic heterocycles. The van der Waals surface area contributed by atoms with Crippen LogP contribution in [0.1, 0.15) is 25.0 Å². The second kappa shape index (κ2) is 13.9. The highest BCUT2D eigenvalue weighted by Crippen LogP contribution is 2.30. The molecule has 0 spiro atoms. The predicted octanol–water partition coefficient (Wildman–Crippen LogP) is 6.23. The standard InChI is InChI=1S/C28H29Cl4N3O4S/c1-18(2)33-28(37)26(14-19-8-5-4-6-9-19)34(16-21-22(29)10-7-11-23(21)30)27(36)17-35(40(3,38)39)20-12-13-24(31)25(32)15-20/h4-13,15,18,26H,14,16-17H2,1-3H3,(H,33,37)/t26-/m0/s1. The van der Waals surface area contributed by atoms with Crippen LogP contribution in [-0.4, -0.2) is 50.0 Å². The van der Waals surface area contributed by atoms with Crippen molar-refractivity contribution in [2.24, 2.45) is 0 Å². The van der Waals surface area contributed by atoms with E-state index in [2.05, 4.69) is 5.32 Å². The Morgan fingerprint density at radius 1 is 0.850 bits per heavy atom. The van der Waals surface area contributed by atoms with Crippen molar-refractivity contribution in [1.29, 1.82) is 0 Å². The summed E-state index contributed by atoms with van der Waals surface area (Å²) in [5, 5.41) is 3.84. The number of anilines is 1. The van der Waals surface area contributed by atoms with Crippen LogP contribution in [0.5, 0.6) is 0 Å². The van der Waals surface area contributed by atoms with Crippen molar-refractivity contribution >= 4 is 73.9 Å². The minimum atomic E-state index is -3.96. The van der Waals surface area contributed by atoms with E-state index in [0.717, 1.165) is 16.1 Å². The average Bonchev–Trinajstić information content (AvgIpc) is 2.87. The molecule has 12 heteroatoms. The van der Waals surface area contributed by atoms with Crippen LogP contribution in [0.2, 0.25) is 20.1 Å². The van der Waals surface area contributed by atoms with Crippen LogP contribution in [-0.2, 0) is 32.6 Å². The van der Waals surface area contributed by atoms with Crippen LogP contribution in [0.3, 0.4) is 0 Å². The molecule has 7 nitrogen and oxygen atoms in total. The van der Waals surface area contributed by atoms with E-state index in [4.69, 9.17) is 46.4 Å². The summed E-state index contributed by atoms with van der Waals surface area (Å²) in [6, 6.07) is 17.2. The molecule has 3 aromatic carbocycles. The van der Waals surface area contributed by atoms with Gasteiger partial charge >= 0.3 is 0 Å². The minimum absolute atomic E-state index is 0.123. The van der Waals surface area contributed by atoms with Crippen molar-refractivity contribution in [2.75, 3.05) is 17.1 Å². The van der Waals surface area contributed by atoms with Gasteiger partial charge in [0.15, 0.2) is 0 Å². The van der Waals surface area contributed by atoms with E-state index in [1.54, 1.807) is 18.2 Å². The van der Waals surface area contributed by atoms with Crippen molar-refractivity contribution in [3.05, 3.63) is 97.9 Å². The maximum atomic E-state index is 14.1. The number of nitrogens with one attached hydrogen (secondary N) is 1. The molecule has 0 radical (unpaired) electrons. The summed E-state index contributed by atoms with van der Waals surface area (Å²) in [7, 11) is -3.96. The Labute approximate surface area is 255 Å². The molecular weight excluding hydrogens is 616 g/mol. The van der Waals surface area contributed by atoms with Crippen molar-refractivity contribution in [2.45, 2.75) is 38.9 Å². The Morgan fingerprint density at radius 2 is 1.48 bits per heavy atom. The van der Waals surface area contributed by atoms with E-state index in [1.165, 1.54) is 23.1 Å². The van der Waals surface area contributed by atoms with Crippen molar-refractivity contribution in [3.8, 4) is 0 Å². The SMILES string of the molecule is CC(C)NC(=O)[C@H](Cc1ccccc1)N(Cc1c(Cl)cccc1Cl)C(=O)CN(c1ccc(Cl)c(Cl)c1)S(C)(=O)=O. The summed E-state index contributed by atoms with van der Waals surface area (Å²) in [5.74, 6) is -1.05. The molecule has 0 aromatic heterocycles. The molecule has 0 unspecified atom stereocenters. The summed E-state index contributed by atoms with van der Waals surface area (Å²) < 4.78 is 26.6.